The van der Waals surface area contributed by atoms with Gasteiger partial charge < -0.3 is 9.84 Å². The summed E-state index contributed by atoms with van der Waals surface area (Å²) in [6, 6.07) is 5.31. The molecular weight excluding hydrogens is 316 g/mol. The maximum Gasteiger partial charge on any atom is 0.273 e. The van der Waals surface area contributed by atoms with E-state index >= 15 is 0 Å². The fraction of sp³-hybridized carbons (Fsp3) is 0.133. The molecule has 0 aliphatic heterocycles. The molecule has 0 bridgehead atoms. The topological polar surface area (TPSA) is 130 Å². The minimum absolute atomic E-state index is 0.0802. The van der Waals surface area contributed by atoms with Gasteiger partial charge in [0.2, 0.25) is 0 Å². The maximum absolute atomic E-state index is 12.0. The molecule has 124 valence electrons. The number of nitro benzene ring substituents is 1. The monoisotopic (exact) mass is 329 g/mol. The third kappa shape index (κ3) is 3.83. The van der Waals surface area contributed by atoms with Crippen molar-refractivity contribution in [3.63, 3.8) is 0 Å². The van der Waals surface area contributed by atoms with Crippen LogP contribution in [0.1, 0.15) is 21.6 Å². The van der Waals surface area contributed by atoms with Gasteiger partial charge in [0.15, 0.2) is 0 Å². The highest BCUT2D eigenvalue weighted by molar-refractivity contribution is 5.95. The van der Waals surface area contributed by atoms with Gasteiger partial charge in [-0.05, 0) is 24.6 Å². The van der Waals surface area contributed by atoms with Crippen molar-refractivity contribution >= 4 is 17.8 Å². The molecule has 0 aliphatic carbocycles. The first-order chi connectivity index (χ1) is 11.4. The number of benzene rings is 1. The molecule has 1 aromatic heterocycles. The molecular formula is C15H13N4O5-. The number of hydrogen-bond donors (Lipinski definition) is 1. The van der Waals surface area contributed by atoms with Crippen LogP contribution in [0.5, 0.6) is 11.5 Å². The molecule has 1 heterocycles. The number of ether oxygens (including phenoxy) is 1. The van der Waals surface area contributed by atoms with Gasteiger partial charge >= 0.3 is 0 Å². The molecule has 9 nitrogen and oxygen atoms in total. The SMILES string of the molecule is COc1cc([N+](=O)[O-])cc(C=NNC(=O)c2ccc(C)nc2)c1[O-]. The van der Waals surface area contributed by atoms with Gasteiger partial charge in [0.25, 0.3) is 11.6 Å². The largest absolute Gasteiger partial charge is 0.870 e. The van der Waals surface area contributed by atoms with E-state index in [1.165, 1.54) is 13.3 Å². The molecule has 9 heteroatoms. The van der Waals surface area contributed by atoms with Crippen molar-refractivity contribution in [2.45, 2.75) is 6.92 Å². The number of hydrogen-bond acceptors (Lipinski definition) is 7. The van der Waals surface area contributed by atoms with Crippen molar-refractivity contribution in [1.82, 2.24) is 10.4 Å². The van der Waals surface area contributed by atoms with Crippen molar-refractivity contribution in [3.05, 3.63) is 57.4 Å². The van der Waals surface area contributed by atoms with Crippen molar-refractivity contribution in [3.8, 4) is 11.5 Å². The summed E-state index contributed by atoms with van der Waals surface area (Å²) in [5.41, 5.74) is 2.87. The summed E-state index contributed by atoms with van der Waals surface area (Å²) < 4.78 is 4.81. The summed E-state index contributed by atoms with van der Waals surface area (Å²) in [5.74, 6) is -1.28. The molecule has 1 N–H and O–H groups in total. The number of rotatable bonds is 5. The Balaban J connectivity index is 2.19. The summed E-state index contributed by atoms with van der Waals surface area (Å²) in [6.45, 7) is 1.78. The molecule has 0 aliphatic rings. The lowest BCUT2D eigenvalue weighted by Crippen LogP contribution is -2.18. The average molecular weight is 329 g/mol. The minimum atomic E-state index is -0.657. The van der Waals surface area contributed by atoms with Crippen LogP contribution in [0.2, 0.25) is 0 Å². The van der Waals surface area contributed by atoms with Gasteiger partial charge in [-0.15, -0.1) is 0 Å². The zero-order valence-corrected chi connectivity index (χ0v) is 12.8. The van der Waals surface area contributed by atoms with E-state index in [9.17, 15) is 20.0 Å². The van der Waals surface area contributed by atoms with E-state index in [-0.39, 0.29) is 22.6 Å². The molecule has 1 aromatic carbocycles. The summed E-state index contributed by atoms with van der Waals surface area (Å²) >= 11 is 0. The Morgan fingerprint density at radius 2 is 2.17 bits per heavy atom. The number of methoxy groups -OCH3 is 1. The van der Waals surface area contributed by atoms with Crippen LogP contribution in [-0.4, -0.2) is 29.1 Å². The van der Waals surface area contributed by atoms with E-state index in [2.05, 4.69) is 15.5 Å². The number of aryl methyl sites for hydroxylation is 1. The second-order valence-electron chi connectivity index (χ2n) is 4.71. The molecule has 0 saturated heterocycles. The van der Waals surface area contributed by atoms with Crippen LogP contribution in [0.15, 0.2) is 35.6 Å². The summed E-state index contributed by atoms with van der Waals surface area (Å²) in [7, 11) is 1.23. The number of carbonyl (C=O) groups is 1. The lowest BCUT2D eigenvalue weighted by Gasteiger charge is -2.14. The van der Waals surface area contributed by atoms with Gasteiger partial charge in [0.1, 0.15) is 5.75 Å². The van der Waals surface area contributed by atoms with E-state index in [1.54, 1.807) is 19.1 Å². The molecule has 0 saturated carbocycles. The lowest BCUT2D eigenvalue weighted by atomic mass is 10.2. The minimum Gasteiger partial charge on any atom is -0.870 e. The molecule has 2 rings (SSSR count). The first-order valence-corrected chi connectivity index (χ1v) is 6.72. The van der Waals surface area contributed by atoms with Crippen LogP contribution in [0, 0.1) is 17.0 Å². The zero-order chi connectivity index (χ0) is 17.7. The predicted octanol–water partition coefficient (Wildman–Crippen LogP) is 1.14. The first-order valence-electron chi connectivity index (χ1n) is 6.72. The number of pyridine rings is 1. The van der Waals surface area contributed by atoms with Crippen LogP contribution in [0.25, 0.3) is 0 Å². The van der Waals surface area contributed by atoms with E-state index in [4.69, 9.17) is 4.74 Å². The Labute approximate surface area is 136 Å². The second kappa shape index (κ2) is 7.18. The van der Waals surface area contributed by atoms with Crippen LogP contribution in [0.4, 0.5) is 5.69 Å². The summed E-state index contributed by atoms with van der Waals surface area (Å²) in [6.07, 6.45) is 2.41. The van der Waals surface area contributed by atoms with Crippen LogP contribution >= 0.6 is 0 Å². The standard InChI is InChI=1S/C15H14N4O5/c1-9-3-4-10(7-16-9)15(21)18-17-8-11-5-12(19(22)23)6-13(24-2)14(11)20/h3-8,20H,1-2H3,(H,18,21)/p-1. The molecule has 0 atom stereocenters. The smallest absolute Gasteiger partial charge is 0.273 e. The highest BCUT2D eigenvalue weighted by Gasteiger charge is 2.11. The van der Waals surface area contributed by atoms with E-state index in [1.807, 2.05) is 0 Å². The van der Waals surface area contributed by atoms with Gasteiger partial charge in [-0.1, -0.05) is 5.75 Å². The molecule has 0 unspecified atom stereocenters. The normalized spacial score (nSPS) is 10.6. The van der Waals surface area contributed by atoms with Gasteiger partial charge in [-0.3, -0.25) is 19.9 Å². The van der Waals surface area contributed by atoms with E-state index < -0.39 is 16.6 Å². The lowest BCUT2D eigenvalue weighted by molar-refractivity contribution is -0.385. The third-order valence-corrected chi connectivity index (χ3v) is 3.04. The van der Waals surface area contributed by atoms with Gasteiger partial charge in [0.05, 0.1) is 29.9 Å². The molecule has 1 amide bonds. The van der Waals surface area contributed by atoms with Gasteiger partial charge in [-0.2, -0.15) is 5.10 Å². The molecule has 0 spiro atoms. The van der Waals surface area contributed by atoms with Crippen LogP contribution < -0.4 is 15.3 Å². The molecule has 24 heavy (non-hydrogen) atoms. The Bertz CT molecular complexity index is 802. The molecule has 0 fully saturated rings. The fourth-order valence-electron chi connectivity index (χ4n) is 1.79. The number of nitrogens with zero attached hydrogens (tertiary/aromatic N) is 3. The Morgan fingerprint density at radius 3 is 2.75 bits per heavy atom. The third-order valence-electron chi connectivity index (χ3n) is 3.04. The van der Waals surface area contributed by atoms with E-state index in [0.717, 1.165) is 24.0 Å². The fourth-order valence-corrected chi connectivity index (χ4v) is 1.79. The number of amides is 1. The Morgan fingerprint density at radius 1 is 1.42 bits per heavy atom. The van der Waals surface area contributed by atoms with Crippen molar-refractivity contribution in [2.24, 2.45) is 5.10 Å². The van der Waals surface area contributed by atoms with E-state index in [0.29, 0.717) is 0 Å². The van der Waals surface area contributed by atoms with Crippen LogP contribution in [0.3, 0.4) is 0 Å². The number of nitro groups is 1. The number of carbonyl (C=O) groups excluding carboxylic acids is 1. The summed E-state index contributed by atoms with van der Waals surface area (Å²) in [4.78, 5) is 26.0. The number of non-ortho nitro benzene ring substituents is 1. The highest BCUT2D eigenvalue weighted by Crippen LogP contribution is 2.31. The van der Waals surface area contributed by atoms with Gasteiger partial charge in [0, 0.05) is 18.0 Å². The first kappa shape index (κ1) is 16.9. The average Bonchev–Trinajstić information content (AvgIpc) is 2.56. The highest BCUT2D eigenvalue weighted by atomic mass is 16.6. The predicted molar refractivity (Wildman–Crippen MR) is 83.1 cm³/mol. The number of hydrazone groups is 1. The number of nitrogens with one attached hydrogen (secondary N) is 1. The maximum atomic E-state index is 12.0. The molecule has 2 aromatic rings. The van der Waals surface area contributed by atoms with Gasteiger partial charge in [-0.25, -0.2) is 5.43 Å². The number of aromatic nitrogens is 1. The Hall–Kier alpha value is -3.49. The summed E-state index contributed by atoms with van der Waals surface area (Å²) in [5, 5.41) is 26.5. The van der Waals surface area contributed by atoms with Crippen LogP contribution in [-0.2, 0) is 0 Å². The Kier molecular flexibility index (Phi) is 5.05. The van der Waals surface area contributed by atoms with Crippen molar-refractivity contribution in [2.75, 3.05) is 7.11 Å². The van der Waals surface area contributed by atoms with Crippen molar-refractivity contribution in [1.29, 1.82) is 0 Å². The zero-order valence-electron chi connectivity index (χ0n) is 12.8. The second-order valence-corrected chi connectivity index (χ2v) is 4.71. The van der Waals surface area contributed by atoms with Crippen molar-refractivity contribution < 1.29 is 19.6 Å². The quantitative estimate of drug-likeness (QED) is 0.497. The molecule has 0 radical (unpaired) electrons.